The highest BCUT2D eigenvalue weighted by Crippen LogP contribution is 2.31. The minimum atomic E-state index is 0.347. The molecule has 0 aliphatic rings. The monoisotopic (exact) mass is 243 g/mol. The second-order valence-corrected chi connectivity index (χ2v) is 4.74. The average Bonchev–Trinajstić information content (AvgIpc) is 2.38. The van der Waals surface area contributed by atoms with Crippen molar-refractivity contribution in [3.8, 4) is 6.07 Å². The molecule has 1 rings (SSSR count). The van der Waals surface area contributed by atoms with Crippen molar-refractivity contribution in [2.24, 2.45) is 5.92 Å². The largest absolute Gasteiger partial charge is 0.397 e. The van der Waals surface area contributed by atoms with Gasteiger partial charge in [-0.2, -0.15) is 5.26 Å². The Labute approximate surface area is 109 Å². The van der Waals surface area contributed by atoms with Crippen molar-refractivity contribution in [3.63, 3.8) is 0 Å². The maximum Gasteiger partial charge on any atom is 0.148 e. The zero-order valence-corrected chi connectivity index (χ0v) is 11.5. The van der Waals surface area contributed by atoms with Crippen molar-refractivity contribution in [1.29, 1.82) is 5.26 Å². The van der Waals surface area contributed by atoms with Crippen LogP contribution >= 0.6 is 0 Å². The second-order valence-electron chi connectivity index (χ2n) is 4.74. The van der Waals surface area contributed by atoms with Crippen LogP contribution in [-0.4, -0.2) is 4.98 Å². The first-order valence-electron chi connectivity index (χ1n) is 6.37. The van der Waals surface area contributed by atoms with E-state index in [-0.39, 0.29) is 0 Å². The van der Waals surface area contributed by atoms with Gasteiger partial charge in [0.25, 0.3) is 0 Å². The van der Waals surface area contributed by atoms with E-state index in [1.165, 1.54) is 0 Å². The first-order valence-corrected chi connectivity index (χ1v) is 6.37. The summed E-state index contributed by atoms with van der Waals surface area (Å²) in [6.45, 7) is 10.4. The van der Waals surface area contributed by atoms with E-state index in [1.54, 1.807) is 6.20 Å². The van der Waals surface area contributed by atoms with Crippen molar-refractivity contribution in [2.45, 2.75) is 40.0 Å². The molecule has 0 spiro atoms. The molecule has 96 valence electrons. The Bertz CT molecular complexity index is 483. The number of unbranched alkanes of at least 4 members (excludes halogenated alkanes) is 1. The number of hydrogen-bond acceptors (Lipinski definition) is 3. The summed E-state index contributed by atoms with van der Waals surface area (Å²) in [5.74, 6) is 0.347. The van der Waals surface area contributed by atoms with E-state index in [2.05, 4.69) is 31.5 Å². The van der Waals surface area contributed by atoms with Gasteiger partial charge in [0.15, 0.2) is 0 Å². The van der Waals surface area contributed by atoms with E-state index in [0.29, 0.717) is 17.3 Å². The highest BCUT2D eigenvalue weighted by atomic mass is 14.7. The summed E-state index contributed by atoms with van der Waals surface area (Å²) in [6, 6.07) is 2.13. The van der Waals surface area contributed by atoms with Gasteiger partial charge < -0.3 is 5.73 Å². The Morgan fingerprint density at radius 3 is 2.83 bits per heavy atom. The number of allylic oxidation sites excluding steroid dienone is 1. The summed E-state index contributed by atoms with van der Waals surface area (Å²) in [4.78, 5) is 4.09. The molecule has 3 heteroatoms. The predicted octanol–water partition coefficient (Wildman–Crippen LogP) is 3.68. The van der Waals surface area contributed by atoms with Crippen LogP contribution in [0.2, 0.25) is 0 Å². The molecule has 1 aromatic rings. The first kappa shape index (κ1) is 14.2. The summed E-state index contributed by atoms with van der Waals surface area (Å²) in [7, 11) is 0. The number of nitriles is 1. The van der Waals surface area contributed by atoms with Crippen LogP contribution in [-0.2, 0) is 0 Å². The number of rotatable bonds is 5. The minimum absolute atomic E-state index is 0.347. The van der Waals surface area contributed by atoms with E-state index in [4.69, 9.17) is 11.0 Å². The van der Waals surface area contributed by atoms with Crippen LogP contribution in [0, 0.1) is 24.2 Å². The van der Waals surface area contributed by atoms with Crippen LogP contribution in [0.5, 0.6) is 0 Å². The zero-order valence-electron chi connectivity index (χ0n) is 11.5. The van der Waals surface area contributed by atoms with Crippen molar-refractivity contribution in [2.75, 3.05) is 5.73 Å². The van der Waals surface area contributed by atoms with Gasteiger partial charge in [0.05, 0.1) is 11.9 Å². The lowest BCUT2D eigenvalue weighted by Gasteiger charge is -2.18. The van der Waals surface area contributed by atoms with Gasteiger partial charge in [0, 0.05) is 5.56 Å². The van der Waals surface area contributed by atoms with Crippen molar-refractivity contribution in [1.82, 2.24) is 4.98 Å². The summed E-state index contributed by atoms with van der Waals surface area (Å²) in [5, 5.41) is 9.15. The molecule has 0 fully saturated rings. The lowest BCUT2D eigenvalue weighted by Crippen LogP contribution is -2.06. The Morgan fingerprint density at radius 1 is 1.61 bits per heavy atom. The van der Waals surface area contributed by atoms with Gasteiger partial charge in [0.2, 0.25) is 0 Å². The molecule has 3 nitrogen and oxygen atoms in total. The molecule has 0 unspecified atom stereocenters. The van der Waals surface area contributed by atoms with Crippen molar-refractivity contribution >= 4 is 11.3 Å². The lowest BCUT2D eigenvalue weighted by atomic mass is 9.88. The summed E-state index contributed by atoms with van der Waals surface area (Å²) in [6.07, 6.45) is 4.95. The highest BCUT2D eigenvalue weighted by Gasteiger charge is 2.17. The van der Waals surface area contributed by atoms with Gasteiger partial charge in [-0.25, -0.2) is 4.98 Å². The molecule has 0 aliphatic carbocycles. The molecule has 0 saturated heterocycles. The fourth-order valence-electron chi connectivity index (χ4n) is 2.03. The third kappa shape index (κ3) is 2.89. The Hall–Kier alpha value is -1.82. The fraction of sp³-hybridized carbons (Fsp3) is 0.467. The van der Waals surface area contributed by atoms with Gasteiger partial charge in [-0.15, -0.1) is 0 Å². The Balaban J connectivity index is 3.12. The predicted molar refractivity (Wildman–Crippen MR) is 75.8 cm³/mol. The number of pyridine rings is 1. The fourth-order valence-corrected chi connectivity index (χ4v) is 2.03. The molecular weight excluding hydrogens is 222 g/mol. The van der Waals surface area contributed by atoms with E-state index < -0.39 is 0 Å². The van der Waals surface area contributed by atoms with Gasteiger partial charge in [-0.3, -0.25) is 0 Å². The molecule has 2 N–H and O–H groups in total. The second kappa shape index (κ2) is 6.20. The van der Waals surface area contributed by atoms with Gasteiger partial charge in [-0.05, 0) is 30.4 Å². The maximum absolute atomic E-state index is 9.15. The summed E-state index contributed by atoms with van der Waals surface area (Å²) in [5.41, 5.74) is 9.63. The van der Waals surface area contributed by atoms with Gasteiger partial charge >= 0.3 is 0 Å². The standard InChI is InChI=1S/C15H21N3/c1-5-6-7-10(2)11(3)15-12(4)13(17)9-18-14(15)8-16/h9-10H,3,5-7,17H2,1-2,4H3/t10-/m0/s1. The van der Waals surface area contributed by atoms with Crippen molar-refractivity contribution in [3.05, 3.63) is 29.6 Å². The van der Waals surface area contributed by atoms with E-state index in [0.717, 1.165) is 36.0 Å². The first-order chi connectivity index (χ1) is 8.52. The molecule has 1 atom stereocenters. The molecular formula is C15H21N3. The van der Waals surface area contributed by atoms with Crippen LogP contribution in [0.3, 0.4) is 0 Å². The van der Waals surface area contributed by atoms with Gasteiger partial charge in [0.1, 0.15) is 11.8 Å². The number of anilines is 1. The molecule has 18 heavy (non-hydrogen) atoms. The summed E-state index contributed by atoms with van der Waals surface area (Å²) >= 11 is 0. The molecule has 1 heterocycles. The molecule has 0 saturated carbocycles. The smallest absolute Gasteiger partial charge is 0.148 e. The van der Waals surface area contributed by atoms with Crippen LogP contribution in [0.25, 0.3) is 5.57 Å². The topological polar surface area (TPSA) is 62.7 Å². The Morgan fingerprint density at radius 2 is 2.28 bits per heavy atom. The van der Waals surface area contributed by atoms with E-state index >= 15 is 0 Å². The zero-order chi connectivity index (χ0) is 13.7. The normalized spacial score (nSPS) is 11.9. The number of hydrogen-bond donors (Lipinski definition) is 1. The highest BCUT2D eigenvalue weighted by molar-refractivity contribution is 5.74. The maximum atomic E-state index is 9.15. The molecule has 0 aromatic carbocycles. The molecule has 0 aliphatic heterocycles. The van der Waals surface area contributed by atoms with E-state index in [1.807, 2.05) is 6.92 Å². The van der Waals surface area contributed by atoms with Crippen molar-refractivity contribution < 1.29 is 0 Å². The molecule has 0 bridgehead atoms. The molecule has 0 radical (unpaired) electrons. The van der Waals surface area contributed by atoms with Crippen LogP contribution in [0.1, 0.15) is 49.9 Å². The number of nitrogens with two attached hydrogens (primary N) is 1. The number of nitrogen functional groups attached to an aromatic ring is 1. The third-order valence-electron chi connectivity index (χ3n) is 3.39. The van der Waals surface area contributed by atoms with Crippen LogP contribution in [0.15, 0.2) is 12.8 Å². The SMILES string of the molecule is C=C(c1c(C#N)ncc(N)c1C)[C@@H](C)CCCC. The van der Waals surface area contributed by atoms with E-state index in [9.17, 15) is 0 Å². The molecule has 1 aromatic heterocycles. The Kier molecular flexibility index (Phi) is 4.91. The minimum Gasteiger partial charge on any atom is -0.397 e. The summed E-state index contributed by atoms with van der Waals surface area (Å²) < 4.78 is 0. The quantitative estimate of drug-likeness (QED) is 0.858. The average molecular weight is 243 g/mol. The molecule has 0 amide bonds. The van der Waals surface area contributed by atoms with Gasteiger partial charge in [-0.1, -0.05) is 33.3 Å². The van der Waals surface area contributed by atoms with Crippen LogP contribution in [0.4, 0.5) is 5.69 Å². The number of nitrogens with zero attached hydrogens (tertiary/aromatic N) is 2. The lowest BCUT2D eigenvalue weighted by molar-refractivity contribution is 0.611. The third-order valence-corrected chi connectivity index (χ3v) is 3.39. The number of aromatic nitrogens is 1. The van der Waals surface area contributed by atoms with Crippen LogP contribution < -0.4 is 5.73 Å².